The first-order valence-corrected chi connectivity index (χ1v) is 7.18. The van der Waals surface area contributed by atoms with Crippen molar-refractivity contribution in [3.05, 3.63) is 60.7 Å². The third-order valence-corrected chi connectivity index (χ3v) is 5.51. The molecule has 0 nitrogen and oxygen atoms in total. The number of halogens is 1. The third-order valence-electron chi connectivity index (χ3n) is 2.38. The zero-order valence-electron chi connectivity index (χ0n) is 8.36. The maximum Gasteiger partial charge on any atom is 0.136 e. The van der Waals surface area contributed by atoms with E-state index in [9.17, 15) is 0 Å². The molecular weight excluding hydrogens is 220 g/mol. The van der Waals surface area contributed by atoms with Gasteiger partial charge in [0.05, 0.1) is 0 Å². The van der Waals surface area contributed by atoms with E-state index in [1.54, 1.807) is 0 Å². The fraction of sp³-hybridized carbons (Fsp3) is 0.0769. The third kappa shape index (κ3) is 2.49. The SMILES string of the molecule is ClC[Si](c1ccccc1)c1ccccc1. The Morgan fingerprint density at radius 1 is 0.733 bits per heavy atom. The molecule has 0 fully saturated rings. The smallest absolute Gasteiger partial charge is 0.130 e. The molecule has 75 valence electrons. The van der Waals surface area contributed by atoms with Gasteiger partial charge < -0.3 is 0 Å². The van der Waals surface area contributed by atoms with Crippen molar-refractivity contribution in [1.82, 2.24) is 0 Å². The molecule has 2 aromatic carbocycles. The normalized spacial score (nSPS) is 10.5. The van der Waals surface area contributed by atoms with Crippen LogP contribution in [-0.2, 0) is 0 Å². The molecule has 2 heteroatoms. The van der Waals surface area contributed by atoms with E-state index in [-0.39, 0.29) is 0 Å². The van der Waals surface area contributed by atoms with Crippen molar-refractivity contribution in [3.8, 4) is 0 Å². The molecule has 15 heavy (non-hydrogen) atoms. The van der Waals surface area contributed by atoms with Crippen molar-refractivity contribution in [3.63, 3.8) is 0 Å². The Bertz CT molecular complexity index is 360. The minimum Gasteiger partial charge on any atom is -0.130 e. The van der Waals surface area contributed by atoms with E-state index in [0.717, 1.165) is 5.50 Å². The summed E-state index contributed by atoms with van der Waals surface area (Å²) in [5, 5.41) is 2.76. The maximum absolute atomic E-state index is 6.08. The second-order valence-electron chi connectivity index (χ2n) is 3.34. The molecule has 0 N–H and O–H groups in total. The monoisotopic (exact) mass is 231 g/mol. The van der Waals surface area contributed by atoms with E-state index in [1.165, 1.54) is 10.4 Å². The zero-order chi connectivity index (χ0) is 10.5. The van der Waals surface area contributed by atoms with Gasteiger partial charge in [-0.1, -0.05) is 71.0 Å². The van der Waals surface area contributed by atoms with Crippen LogP contribution in [0.4, 0.5) is 0 Å². The minimum atomic E-state index is -0.774. The van der Waals surface area contributed by atoms with Crippen LogP contribution in [0.15, 0.2) is 60.7 Å². The Kier molecular flexibility index (Phi) is 3.59. The largest absolute Gasteiger partial charge is 0.136 e. The molecule has 0 saturated carbocycles. The van der Waals surface area contributed by atoms with Gasteiger partial charge in [-0.15, -0.1) is 11.6 Å². The van der Waals surface area contributed by atoms with Gasteiger partial charge in [-0.3, -0.25) is 0 Å². The summed E-state index contributed by atoms with van der Waals surface area (Å²) in [6.07, 6.45) is 0. The molecule has 1 radical (unpaired) electrons. The summed E-state index contributed by atoms with van der Waals surface area (Å²) >= 11 is 6.08. The molecule has 0 amide bonds. The van der Waals surface area contributed by atoms with Crippen LogP contribution >= 0.6 is 11.6 Å². The zero-order valence-corrected chi connectivity index (χ0v) is 10.1. The number of alkyl halides is 1. The van der Waals surface area contributed by atoms with E-state index in [0.29, 0.717) is 0 Å². The molecule has 2 aromatic rings. The van der Waals surface area contributed by atoms with Gasteiger partial charge in [-0.05, 0) is 0 Å². The van der Waals surface area contributed by atoms with E-state index >= 15 is 0 Å². The molecule has 0 heterocycles. The molecular formula is C13H12ClSi. The highest BCUT2D eigenvalue weighted by atomic mass is 35.5. The van der Waals surface area contributed by atoms with Crippen molar-refractivity contribution in [2.75, 3.05) is 5.50 Å². The maximum atomic E-state index is 6.08. The molecule has 0 aromatic heterocycles. The quantitative estimate of drug-likeness (QED) is 0.561. The van der Waals surface area contributed by atoms with Crippen LogP contribution in [0, 0.1) is 0 Å². The Morgan fingerprint density at radius 3 is 1.47 bits per heavy atom. The lowest BCUT2D eigenvalue weighted by Gasteiger charge is -2.12. The minimum absolute atomic E-state index is 0.721. The van der Waals surface area contributed by atoms with Gasteiger partial charge in [0.15, 0.2) is 0 Å². The Labute approximate surface area is 97.1 Å². The summed E-state index contributed by atoms with van der Waals surface area (Å²) in [6.45, 7) is 0. The fourth-order valence-electron chi connectivity index (χ4n) is 1.60. The average Bonchev–Trinajstić information content (AvgIpc) is 2.33. The highest BCUT2D eigenvalue weighted by Crippen LogP contribution is 1.94. The van der Waals surface area contributed by atoms with Gasteiger partial charge in [0.2, 0.25) is 0 Å². The molecule has 0 spiro atoms. The summed E-state index contributed by atoms with van der Waals surface area (Å²) in [7, 11) is -0.774. The molecule has 0 unspecified atom stereocenters. The standard InChI is InChI=1S/C13H12ClSi/c14-11-15(12-7-3-1-4-8-12)13-9-5-2-6-10-13/h1-10H,11H2. The van der Waals surface area contributed by atoms with Crippen LogP contribution in [-0.4, -0.2) is 14.3 Å². The first kappa shape index (κ1) is 10.5. The Hall–Kier alpha value is -1.05. The van der Waals surface area contributed by atoms with Gasteiger partial charge in [0.1, 0.15) is 8.80 Å². The number of hydrogen-bond acceptors (Lipinski definition) is 0. The second kappa shape index (κ2) is 5.15. The van der Waals surface area contributed by atoms with Crippen molar-refractivity contribution in [1.29, 1.82) is 0 Å². The van der Waals surface area contributed by atoms with E-state index in [1.807, 2.05) is 12.1 Å². The summed E-state index contributed by atoms with van der Waals surface area (Å²) in [5.41, 5.74) is 0.721. The Balaban J connectivity index is 2.34. The van der Waals surface area contributed by atoms with Crippen molar-refractivity contribution in [2.24, 2.45) is 0 Å². The number of hydrogen-bond donors (Lipinski definition) is 0. The second-order valence-corrected chi connectivity index (χ2v) is 6.53. The predicted octanol–water partition coefficient (Wildman–Crippen LogP) is 2.07. The van der Waals surface area contributed by atoms with Crippen LogP contribution in [0.3, 0.4) is 0 Å². The topological polar surface area (TPSA) is 0 Å². The van der Waals surface area contributed by atoms with Gasteiger partial charge in [0.25, 0.3) is 0 Å². The average molecular weight is 232 g/mol. The first-order chi connectivity index (χ1) is 7.42. The lowest BCUT2D eigenvalue weighted by atomic mass is 10.4. The van der Waals surface area contributed by atoms with Crippen molar-refractivity contribution < 1.29 is 0 Å². The molecule has 0 bridgehead atoms. The van der Waals surface area contributed by atoms with E-state index in [2.05, 4.69) is 48.5 Å². The highest BCUT2D eigenvalue weighted by Gasteiger charge is 2.14. The van der Waals surface area contributed by atoms with Gasteiger partial charge in [-0.2, -0.15) is 0 Å². The first-order valence-electron chi connectivity index (χ1n) is 4.94. The van der Waals surface area contributed by atoms with Crippen molar-refractivity contribution >= 4 is 30.8 Å². The van der Waals surface area contributed by atoms with E-state index in [4.69, 9.17) is 11.6 Å². The van der Waals surface area contributed by atoms with Gasteiger partial charge >= 0.3 is 0 Å². The van der Waals surface area contributed by atoms with Crippen LogP contribution < -0.4 is 10.4 Å². The number of benzene rings is 2. The van der Waals surface area contributed by atoms with Gasteiger partial charge in [-0.25, -0.2) is 0 Å². The highest BCUT2D eigenvalue weighted by molar-refractivity contribution is 6.89. The molecule has 0 saturated heterocycles. The molecule has 0 aliphatic heterocycles. The predicted molar refractivity (Wildman–Crippen MR) is 68.6 cm³/mol. The van der Waals surface area contributed by atoms with Gasteiger partial charge in [0, 0.05) is 5.50 Å². The molecule has 2 rings (SSSR count). The fourth-order valence-corrected chi connectivity index (χ4v) is 4.36. The summed E-state index contributed by atoms with van der Waals surface area (Å²) in [5.74, 6) is 0. The van der Waals surface area contributed by atoms with Crippen LogP contribution in [0.5, 0.6) is 0 Å². The molecule has 0 aliphatic carbocycles. The van der Waals surface area contributed by atoms with Crippen molar-refractivity contribution in [2.45, 2.75) is 0 Å². The lowest BCUT2D eigenvalue weighted by Crippen LogP contribution is -2.43. The molecule has 0 atom stereocenters. The Morgan fingerprint density at radius 2 is 1.13 bits per heavy atom. The van der Waals surface area contributed by atoms with Crippen LogP contribution in [0.25, 0.3) is 0 Å². The lowest BCUT2D eigenvalue weighted by molar-refractivity contribution is 1.71. The summed E-state index contributed by atoms with van der Waals surface area (Å²) in [4.78, 5) is 0. The van der Waals surface area contributed by atoms with E-state index < -0.39 is 8.80 Å². The van der Waals surface area contributed by atoms with Crippen LogP contribution in [0.2, 0.25) is 0 Å². The van der Waals surface area contributed by atoms with Crippen LogP contribution in [0.1, 0.15) is 0 Å². The number of rotatable bonds is 3. The summed E-state index contributed by atoms with van der Waals surface area (Å²) in [6, 6.07) is 21.1. The molecule has 0 aliphatic rings. The summed E-state index contributed by atoms with van der Waals surface area (Å²) < 4.78 is 0.